The molecule has 0 heterocycles. The average Bonchev–Trinajstić information content (AvgIpc) is 2.23. The van der Waals surface area contributed by atoms with E-state index in [4.69, 9.17) is 4.74 Å². The lowest BCUT2D eigenvalue weighted by atomic mass is 10.3. The van der Waals surface area contributed by atoms with Crippen LogP contribution in [0.15, 0.2) is 22.7 Å². The molecule has 1 rings (SSSR count). The quantitative estimate of drug-likeness (QED) is 0.804. The fourth-order valence-corrected chi connectivity index (χ4v) is 1.54. The zero-order chi connectivity index (χ0) is 11.1. The number of anilines is 1. The molecule has 0 aliphatic heterocycles. The molecule has 0 fully saturated rings. The van der Waals surface area contributed by atoms with E-state index in [2.05, 4.69) is 21.2 Å². The van der Waals surface area contributed by atoms with Crippen molar-refractivity contribution < 1.29 is 9.13 Å². The second-order valence-electron chi connectivity index (χ2n) is 3.11. The highest BCUT2D eigenvalue weighted by molar-refractivity contribution is 9.10. The van der Waals surface area contributed by atoms with Gasteiger partial charge in [0.2, 0.25) is 0 Å². The predicted molar refractivity (Wildman–Crippen MR) is 63.7 cm³/mol. The molecule has 0 saturated carbocycles. The fourth-order valence-electron chi connectivity index (χ4n) is 1.16. The molecule has 15 heavy (non-hydrogen) atoms. The Bertz CT molecular complexity index is 307. The van der Waals surface area contributed by atoms with Crippen LogP contribution in [0.2, 0.25) is 0 Å². The molecule has 84 valence electrons. The van der Waals surface area contributed by atoms with E-state index in [1.165, 1.54) is 6.07 Å². The van der Waals surface area contributed by atoms with Crippen LogP contribution in [0.25, 0.3) is 0 Å². The topological polar surface area (TPSA) is 21.3 Å². The van der Waals surface area contributed by atoms with Crippen molar-refractivity contribution in [1.82, 2.24) is 0 Å². The lowest BCUT2D eigenvalue weighted by molar-refractivity contribution is 0.147. The van der Waals surface area contributed by atoms with Gasteiger partial charge >= 0.3 is 0 Å². The summed E-state index contributed by atoms with van der Waals surface area (Å²) in [5.74, 6) is -0.241. The third-order valence-corrected chi connectivity index (χ3v) is 2.53. The molecule has 0 amide bonds. The molecule has 4 heteroatoms. The maximum absolute atomic E-state index is 12.9. The number of ether oxygens (including phenoxy) is 1. The van der Waals surface area contributed by atoms with E-state index >= 15 is 0 Å². The molecule has 0 aliphatic rings. The Morgan fingerprint density at radius 1 is 1.47 bits per heavy atom. The van der Waals surface area contributed by atoms with Crippen molar-refractivity contribution >= 4 is 21.6 Å². The van der Waals surface area contributed by atoms with E-state index < -0.39 is 0 Å². The summed E-state index contributed by atoms with van der Waals surface area (Å²) in [7, 11) is 0. The van der Waals surface area contributed by atoms with E-state index in [9.17, 15) is 4.39 Å². The Morgan fingerprint density at radius 2 is 2.27 bits per heavy atom. The standard InChI is InChI=1S/C11H15BrFNO/c1-2-15-7-3-6-14-9-4-5-11(13)10(12)8-9/h4-5,8,14H,2-3,6-7H2,1H3. The summed E-state index contributed by atoms with van der Waals surface area (Å²) in [6.07, 6.45) is 0.947. The van der Waals surface area contributed by atoms with Gasteiger partial charge in [-0.1, -0.05) is 0 Å². The first-order chi connectivity index (χ1) is 7.24. The second-order valence-corrected chi connectivity index (χ2v) is 3.96. The van der Waals surface area contributed by atoms with E-state index in [0.29, 0.717) is 4.47 Å². The first-order valence-corrected chi connectivity index (χ1v) is 5.80. The molecule has 1 aromatic carbocycles. The molecule has 0 aromatic heterocycles. The van der Waals surface area contributed by atoms with Gasteiger partial charge in [0.15, 0.2) is 0 Å². The maximum Gasteiger partial charge on any atom is 0.137 e. The predicted octanol–water partition coefficient (Wildman–Crippen LogP) is 3.43. The third-order valence-electron chi connectivity index (χ3n) is 1.92. The van der Waals surface area contributed by atoms with Gasteiger partial charge in [-0.15, -0.1) is 0 Å². The van der Waals surface area contributed by atoms with Crippen LogP contribution in [-0.4, -0.2) is 19.8 Å². The van der Waals surface area contributed by atoms with Crippen molar-refractivity contribution in [3.8, 4) is 0 Å². The minimum absolute atomic E-state index is 0.241. The van der Waals surface area contributed by atoms with Gasteiger partial charge in [-0.3, -0.25) is 0 Å². The summed E-state index contributed by atoms with van der Waals surface area (Å²) in [5, 5.41) is 3.19. The van der Waals surface area contributed by atoms with Crippen LogP contribution in [0, 0.1) is 5.82 Å². The van der Waals surface area contributed by atoms with Crippen LogP contribution in [-0.2, 0) is 4.74 Å². The third kappa shape index (κ3) is 4.62. The lowest BCUT2D eigenvalue weighted by Crippen LogP contribution is -2.05. The largest absolute Gasteiger partial charge is 0.385 e. The maximum atomic E-state index is 12.9. The Morgan fingerprint density at radius 3 is 2.93 bits per heavy atom. The van der Waals surface area contributed by atoms with Crippen molar-refractivity contribution in [2.45, 2.75) is 13.3 Å². The number of halogens is 2. The van der Waals surface area contributed by atoms with Gasteiger partial charge in [0, 0.05) is 25.4 Å². The van der Waals surface area contributed by atoms with Crippen LogP contribution in [0.1, 0.15) is 13.3 Å². The Balaban J connectivity index is 2.28. The number of benzene rings is 1. The highest BCUT2D eigenvalue weighted by Gasteiger charge is 1.99. The Kier molecular flexibility index (Phi) is 5.65. The number of nitrogens with one attached hydrogen (secondary N) is 1. The molecule has 0 aliphatic carbocycles. The van der Waals surface area contributed by atoms with Crippen LogP contribution in [0.4, 0.5) is 10.1 Å². The first kappa shape index (κ1) is 12.5. The minimum Gasteiger partial charge on any atom is -0.385 e. The number of hydrogen-bond donors (Lipinski definition) is 1. The van der Waals surface area contributed by atoms with Crippen LogP contribution < -0.4 is 5.32 Å². The number of hydrogen-bond acceptors (Lipinski definition) is 2. The van der Waals surface area contributed by atoms with Crippen molar-refractivity contribution in [3.05, 3.63) is 28.5 Å². The second kappa shape index (κ2) is 6.80. The monoisotopic (exact) mass is 275 g/mol. The van der Waals surface area contributed by atoms with Crippen LogP contribution in [0.5, 0.6) is 0 Å². The van der Waals surface area contributed by atoms with Gasteiger partial charge in [0.25, 0.3) is 0 Å². The summed E-state index contributed by atoms with van der Waals surface area (Å²) in [6, 6.07) is 4.89. The van der Waals surface area contributed by atoms with E-state index in [1.807, 2.05) is 6.92 Å². The van der Waals surface area contributed by atoms with Gasteiger partial charge in [-0.25, -0.2) is 4.39 Å². The van der Waals surface area contributed by atoms with Crippen LogP contribution in [0.3, 0.4) is 0 Å². The zero-order valence-electron chi connectivity index (χ0n) is 8.72. The summed E-state index contributed by atoms with van der Waals surface area (Å²) in [4.78, 5) is 0. The summed E-state index contributed by atoms with van der Waals surface area (Å²) >= 11 is 3.14. The van der Waals surface area contributed by atoms with Crippen LogP contribution >= 0.6 is 15.9 Å². The fraction of sp³-hybridized carbons (Fsp3) is 0.455. The summed E-state index contributed by atoms with van der Waals surface area (Å²) < 4.78 is 18.6. The minimum atomic E-state index is -0.241. The molecule has 0 radical (unpaired) electrons. The molecule has 2 nitrogen and oxygen atoms in total. The smallest absolute Gasteiger partial charge is 0.137 e. The van der Waals surface area contributed by atoms with Gasteiger partial charge in [-0.05, 0) is 47.5 Å². The van der Waals surface area contributed by atoms with Gasteiger partial charge in [-0.2, -0.15) is 0 Å². The normalized spacial score (nSPS) is 10.3. The molecular weight excluding hydrogens is 261 g/mol. The highest BCUT2D eigenvalue weighted by atomic mass is 79.9. The molecule has 0 saturated heterocycles. The van der Waals surface area contributed by atoms with Crippen molar-refractivity contribution in [2.75, 3.05) is 25.1 Å². The lowest BCUT2D eigenvalue weighted by Gasteiger charge is -2.07. The van der Waals surface area contributed by atoms with Gasteiger partial charge in [0.05, 0.1) is 4.47 Å². The molecule has 0 atom stereocenters. The van der Waals surface area contributed by atoms with E-state index in [0.717, 1.165) is 31.9 Å². The van der Waals surface area contributed by atoms with E-state index in [-0.39, 0.29) is 5.82 Å². The molecule has 1 N–H and O–H groups in total. The van der Waals surface area contributed by atoms with Crippen molar-refractivity contribution in [3.63, 3.8) is 0 Å². The Labute approximate surface area is 98.0 Å². The average molecular weight is 276 g/mol. The summed E-state index contributed by atoms with van der Waals surface area (Å²) in [6.45, 7) is 4.32. The number of rotatable bonds is 6. The first-order valence-electron chi connectivity index (χ1n) is 5.00. The van der Waals surface area contributed by atoms with Crippen molar-refractivity contribution in [2.24, 2.45) is 0 Å². The highest BCUT2D eigenvalue weighted by Crippen LogP contribution is 2.19. The molecule has 0 unspecified atom stereocenters. The SMILES string of the molecule is CCOCCCNc1ccc(F)c(Br)c1. The Hall–Kier alpha value is -0.610. The molecular formula is C11H15BrFNO. The molecule has 1 aromatic rings. The molecule has 0 bridgehead atoms. The zero-order valence-corrected chi connectivity index (χ0v) is 10.3. The van der Waals surface area contributed by atoms with Gasteiger partial charge < -0.3 is 10.1 Å². The van der Waals surface area contributed by atoms with Gasteiger partial charge in [0.1, 0.15) is 5.82 Å². The summed E-state index contributed by atoms with van der Waals surface area (Å²) in [5.41, 5.74) is 0.916. The van der Waals surface area contributed by atoms with Crippen molar-refractivity contribution in [1.29, 1.82) is 0 Å². The van der Waals surface area contributed by atoms with E-state index in [1.54, 1.807) is 12.1 Å². The molecule has 0 spiro atoms.